The molecule has 0 aliphatic heterocycles. The Morgan fingerprint density at radius 1 is 1.09 bits per heavy atom. The van der Waals surface area contributed by atoms with Crippen LogP contribution < -0.4 is 13.7 Å². The molecule has 130 valence electrons. The van der Waals surface area contributed by atoms with Gasteiger partial charge in [0.2, 0.25) is 10.0 Å². The number of sulfonamides is 1. The quantitative estimate of drug-likeness (QED) is 0.716. The van der Waals surface area contributed by atoms with Crippen molar-refractivity contribution in [2.45, 2.75) is 31.7 Å². The fourth-order valence-electron chi connectivity index (χ4n) is 2.55. The molecule has 0 aromatic heterocycles. The van der Waals surface area contributed by atoms with E-state index in [0.717, 1.165) is 30.0 Å². The Kier molecular flexibility index (Phi) is 6.01. The van der Waals surface area contributed by atoms with Crippen molar-refractivity contribution in [1.82, 2.24) is 9.44 Å². The number of para-hydroxylation sites is 1. The molecule has 1 saturated carbocycles. The molecule has 23 heavy (non-hydrogen) atoms. The predicted molar refractivity (Wildman–Crippen MR) is 90.9 cm³/mol. The minimum Gasteiger partial charge on any atom is -0.273 e. The van der Waals surface area contributed by atoms with Crippen molar-refractivity contribution in [2.75, 3.05) is 23.7 Å². The van der Waals surface area contributed by atoms with Gasteiger partial charge in [0.05, 0.1) is 11.4 Å². The first kappa shape index (κ1) is 18.2. The van der Waals surface area contributed by atoms with E-state index in [-0.39, 0.29) is 18.3 Å². The lowest BCUT2D eigenvalue weighted by Gasteiger charge is -2.19. The highest BCUT2D eigenvalue weighted by Crippen LogP contribution is 2.18. The topological polar surface area (TPSA) is 95.6 Å². The zero-order valence-corrected chi connectivity index (χ0v) is 14.7. The molecule has 0 amide bonds. The van der Waals surface area contributed by atoms with Crippen LogP contribution in [-0.2, 0) is 20.2 Å². The van der Waals surface area contributed by atoms with Crippen molar-refractivity contribution in [3.05, 3.63) is 30.3 Å². The third kappa shape index (κ3) is 5.45. The van der Waals surface area contributed by atoms with Gasteiger partial charge in [-0.25, -0.2) is 13.1 Å². The Morgan fingerprint density at radius 2 is 1.70 bits per heavy atom. The van der Waals surface area contributed by atoms with Crippen LogP contribution in [0.15, 0.2) is 30.3 Å². The van der Waals surface area contributed by atoms with Crippen molar-refractivity contribution in [2.24, 2.45) is 0 Å². The van der Waals surface area contributed by atoms with E-state index in [0.29, 0.717) is 5.69 Å². The molecular weight excluding hydrogens is 338 g/mol. The zero-order valence-electron chi connectivity index (χ0n) is 13.1. The zero-order chi connectivity index (χ0) is 16.9. The molecule has 1 aromatic rings. The smallest absolute Gasteiger partial charge is 0.273 e. The van der Waals surface area contributed by atoms with E-state index in [1.807, 2.05) is 0 Å². The third-order valence-corrected chi connectivity index (χ3v) is 6.86. The number of benzene rings is 1. The first-order valence-corrected chi connectivity index (χ1v) is 10.7. The first-order chi connectivity index (χ1) is 10.8. The predicted octanol–water partition coefficient (Wildman–Crippen LogP) is 0.819. The van der Waals surface area contributed by atoms with Crippen molar-refractivity contribution in [1.29, 1.82) is 0 Å². The second-order valence-corrected chi connectivity index (χ2v) is 9.27. The van der Waals surface area contributed by atoms with Crippen LogP contribution in [0.25, 0.3) is 0 Å². The molecule has 0 unspecified atom stereocenters. The number of anilines is 1. The summed E-state index contributed by atoms with van der Waals surface area (Å²) in [5.74, 6) is -0.302. The highest BCUT2D eigenvalue weighted by molar-refractivity contribution is 7.92. The number of rotatable bonds is 8. The van der Waals surface area contributed by atoms with Crippen molar-refractivity contribution in [3.8, 4) is 0 Å². The van der Waals surface area contributed by atoms with Gasteiger partial charge in [-0.15, -0.1) is 0 Å². The second kappa shape index (κ2) is 7.61. The highest BCUT2D eigenvalue weighted by Gasteiger charge is 2.23. The van der Waals surface area contributed by atoms with Crippen LogP contribution in [0.3, 0.4) is 0 Å². The molecule has 7 nitrogen and oxygen atoms in total. The summed E-state index contributed by atoms with van der Waals surface area (Å²) in [6.07, 6.45) is 3.69. The fourth-order valence-corrected chi connectivity index (χ4v) is 4.88. The molecule has 0 saturated heterocycles. The molecule has 1 aliphatic rings. The van der Waals surface area contributed by atoms with E-state index in [9.17, 15) is 16.8 Å². The molecule has 2 N–H and O–H groups in total. The summed E-state index contributed by atoms with van der Waals surface area (Å²) in [5, 5.41) is 0. The Balaban J connectivity index is 1.86. The van der Waals surface area contributed by atoms with Crippen LogP contribution >= 0.6 is 0 Å². The first-order valence-electron chi connectivity index (χ1n) is 7.59. The lowest BCUT2D eigenvalue weighted by atomic mass is 10.3. The molecule has 1 fully saturated rings. The van der Waals surface area contributed by atoms with Gasteiger partial charge in [-0.2, -0.15) is 13.1 Å². The monoisotopic (exact) mass is 361 g/mol. The van der Waals surface area contributed by atoms with Crippen LogP contribution in [0.1, 0.15) is 25.7 Å². The van der Waals surface area contributed by atoms with Crippen molar-refractivity contribution >= 4 is 25.9 Å². The molecule has 0 heterocycles. The van der Waals surface area contributed by atoms with E-state index < -0.39 is 20.2 Å². The van der Waals surface area contributed by atoms with E-state index in [2.05, 4.69) is 9.44 Å². The summed E-state index contributed by atoms with van der Waals surface area (Å²) in [4.78, 5) is 0. The maximum atomic E-state index is 12.2. The summed E-state index contributed by atoms with van der Waals surface area (Å²) < 4.78 is 54.2. The Morgan fingerprint density at radius 3 is 2.30 bits per heavy atom. The van der Waals surface area contributed by atoms with E-state index in [4.69, 9.17) is 0 Å². The number of hydrogen-bond acceptors (Lipinski definition) is 4. The van der Waals surface area contributed by atoms with Gasteiger partial charge in [0.25, 0.3) is 10.2 Å². The lowest BCUT2D eigenvalue weighted by molar-refractivity contribution is 0.540. The lowest BCUT2D eigenvalue weighted by Crippen LogP contribution is -2.44. The Labute approximate surface area is 138 Å². The Hall–Kier alpha value is -1.16. The molecule has 1 aromatic carbocycles. The van der Waals surface area contributed by atoms with Gasteiger partial charge < -0.3 is 0 Å². The van der Waals surface area contributed by atoms with Gasteiger partial charge in [0.1, 0.15) is 0 Å². The molecule has 0 atom stereocenters. The average Bonchev–Trinajstić information content (AvgIpc) is 2.99. The SMILES string of the molecule is CN(c1ccccc1)S(=O)(=O)CCNS(=O)(=O)NC1CCCC1. The van der Waals surface area contributed by atoms with E-state index >= 15 is 0 Å². The van der Waals surface area contributed by atoms with Crippen LogP contribution in [-0.4, -0.2) is 42.2 Å². The van der Waals surface area contributed by atoms with Crippen LogP contribution in [0.4, 0.5) is 5.69 Å². The molecule has 0 bridgehead atoms. The summed E-state index contributed by atoms with van der Waals surface area (Å²) in [7, 11) is -5.79. The molecule has 2 rings (SSSR count). The average molecular weight is 361 g/mol. The number of hydrogen-bond donors (Lipinski definition) is 2. The molecular formula is C14H23N3O4S2. The fraction of sp³-hybridized carbons (Fsp3) is 0.571. The van der Waals surface area contributed by atoms with Crippen LogP contribution in [0, 0.1) is 0 Å². The standard InChI is InChI=1S/C14H23N3O4S2/c1-17(14-9-3-2-4-10-14)22(18,19)12-11-15-23(20,21)16-13-7-5-6-8-13/h2-4,9-10,13,15-16H,5-8,11-12H2,1H3. The molecule has 0 radical (unpaired) electrons. The van der Waals surface area contributed by atoms with Crippen molar-refractivity contribution in [3.63, 3.8) is 0 Å². The summed E-state index contributed by atoms with van der Waals surface area (Å²) >= 11 is 0. The van der Waals surface area contributed by atoms with Gasteiger partial charge >= 0.3 is 0 Å². The molecule has 9 heteroatoms. The second-order valence-electron chi connectivity index (χ2n) is 5.62. The number of nitrogens with one attached hydrogen (secondary N) is 2. The summed E-state index contributed by atoms with van der Waals surface area (Å²) in [6.45, 7) is -0.165. The third-order valence-electron chi connectivity index (χ3n) is 3.87. The molecule has 1 aliphatic carbocycles. The minimum absolute atomic E-state index is 0.0453. The maximum Gasteiger partial charge on any atom is 0.277 e. The Bertz CT molecular complexity index is 699. The normalized spacial score (nSPS) is 16.6. The van der Waals surface area contributed by atoms with Gasteiger partial charge in [-0.05, 0) is 25.0 Å². The van der Waals surface area contributed by atoms with Gasteiger partial charge in [0.15, 0.2) is 0 Å². The minimum atomic E-state index is -3.66. The maximum absolute atomic E-state index is 12.2. The van der Waals surface area contributed by atoms with Gasteiger partial charge in [-0.3, -0.25) is 4.31 Å². The van der Waals surface area contributed by atoms with Gasteiger partial charge in [0, 0.05) is 19.6 Å². The molecule has 0 spiro atoms. The summed E-state index contributed by atoms with van der Waals surface area (Å²) in [5.41, 5.74) is 0.541. The van der Waals surface area contributed by atoms with E-state index in [1.165, 1.54) is 7.05 Å². The van der Waals surface area contributed by atoms with Crippen molar-refractivity contribution < 1.29 is 16.8 Å². The van der Waals surface area contributed by atoms with Gasteiger partial charge in [-0.1, -0.05) is 31.0 Å². The highest BCUT2D eigenvalue weighted by atomic mass is 32.2. The number of nitrogens with zero attached hydrogens (tertiary/aromatic N) is 1. The van der Waals surface area contributed by atoms with Crippen LogP contribution in [0.5, 0.6) is 0 Å². The summed E-state index contributed by atoms with van der Waals surface area (Å²) in [6, 6.07) is 8.61. The van der Waals surface area contributed by atoms with Crippen LogP contribution in [0.2, 0.25) is 0 Å². The van der Waals surface area contributed by atoms with E-state index in [1.54, 1.807) is 30.3 Å². The largest absolute Gasteiger partial charge is 0.277 e.